The first-order valence-electron chi connectivity index (χ1n) is 8.86. The molecule has 4 rings (SSSR count). The van der Waals surface area contributed by atoms with E-state index >= 15 is 0 Å². The number of nitrogens with zero attached hydrogens (tertiary/aromatic N) is 2. The number of amides is 1. The van der Waals surface area contributed by atoms with Crippen LogP contribution < -0.4 is 16.8 Å². The van der Waals surface area contributed by atoms with Gasteiger partial charge in [0, 0.05) is 21.9 Å². The maximum absolute atomic E-state index is 12.8. The van der Waals surface area contributed by atoms with E-state index in [0.29, 0.717) is 31.9 Å². The SMILES string of the molecule is N#Cc1c(N)nc2sc(C(=O)NC3CCCCC3)c(N)c2c1-c1cccs1. The Hall–Kier alpha value is -2.63. The lowest BCUT2D eigenvalue weighted by molar-refractivity contribution is 0.0932. The van der Waals surface area contributed by atoms with Crippen LogP contribution in [0.1, 0.15) is 47.3 Å². The number of aromatic nitrogens is 1. The van der Waals surface area contributed by atoms with Gasteiger partial charge in [-0.1, -0.05) is 25.3 Å². The van der Waals surface area contributed by atoms with E-state index in [1.807, 2.05) is 17.5 Å². The van der Waals surface area contributed by atoms with Crippen LogP contribution in [-0.4, -0.2) is 16.9 Å². The maximum Gasteiger partial charge on any atom is 0.263 e. The predicted molar refractivity (Wildman–Crippen MR) is 111 cm³/mol. The number of fused-ring (bicyclic) bond motifs is 1. The lowest BCUT2D eigenvalue weighted by atomic mass is 9.95. The normalized spacial score (nSPS) is 14.9. The molecule has 0 atom stereocenters. The minimum Gasteiger partial charge on any atom is -0.397 e. The average Bonchev–Trinajstić information content (AvgIpc) is 3.30. The van der Waals surface area contributed by atoms with Crippen LogP contribution in [0, 0.1) is 11.3 Å². The number of nitrogens with two attached hydrogens (primary N) is 2. The Labute approximate surface area is 164 Å². The zero-order valence-corrected chi connectivity index (χ0v) is 16.3. The van der Waals surface area contributed by atoms with Crippen molar-refractivity contribution in [1.82, 2.24) is 10.3 Å². The highest BCUT2D eigenvalue weighted by atomic mass is 32.1. The molecular formula is C19H19N5OS2. The first-order chi connectivity index (χ1) is 13.1. The van der Waals surface area contributed by atoms with Crippen LogP contribution in [-0.2, 0) is 0 Å². The molecule has 27 heavy (non-hydrogen) atoms. The molecule has 1 amide bonds. The van der Waals surface area contributed by atoms with E-state index in [2.05, 4.69) is 16.4 Å². The lowest BCUT2D eigenvalue weighted by Gasteiger charge is -2.22. The molecule has 1 saturated carbocycles. The van der Waals surface area contributed by atoms with Crippen molar-refractivity contribution >= 4 is 50.3 Å². The number of carbonyl (C=O) groups excluding carboxylic acids is 1. The van der Waals surface area contributed by atoms with Crippen LogP contribution in [0.25, 0.3) is 20.7 Å². The van der Waals surface area contributed by atoms with Gasteiger partial charge in [-0.2, -0.15) is 5.26 Å². The summed E-state index contributed by atoms with van der Waals surface area (Å²) in [5.41, 5.74) is 13.8. The minimum atomic E-state index is -0.170. The second-order valence-electron chi connectivity index (χ2n) is 6.67. The Balaban J connectivity index is 1.83. The molecule has 1 fully saturated rings. The average molecular weight is 398 g/mol. The van der Waals surface area contributed by atoms with E-state index in [-0.39, 0.29) is 17.8 Å². The molecule has 6 nitrogen and oxygen atoms in total. The number of nitrogens with one attached hydrogen (secondary N) is 1. The van der Waals surface area contributed by atoms with Crippen molar-refractivity contribution < 1.29 is 4.79 Å². The molecule has 0 spiro atoms. The summed E-state index contributed by atoms with van der Waals surface area (Å²) < 4.78 is 0. The number of nitrogen functional groups attached to an aromatic ring is 2. The third kappa shape index (κ3) is 3.13. The van der Waals surface area contributed by atoms with Crippen LogP contribution >= 0.6 is 22.7 Å². The van der Waals surface area contributed by atoms with Gasteiger partial charge in [0.05, 0.1) is 5.69 Å². The number of hydrogen-bond acceptors (Lipinski definition) is 7. The number of anilines is 2. The van der Waals surface area contributed by atoms with Crippen molar-refractivity contribution in [3.05, 3.63) is 28.0 Å². The van der Waals surface area contributed by atoms with Crippen molar-refractivity contribution in [3.8, 4) is 16.5 Å². The molecular weight excluding hydrogens is 378 g/mol. The van der Waals surface area contributed by atoms with Gasteiger partial charge in [-0.05, 0) is 24.3 Å². The van der Waals surface area contributed by atoms with Crippen LogP contribution in [0.3, 0.4) is 0 Å². The number of rotatable bonds is 3. The molecule has 1 aliphatic carbocycles. The van der Waals surface area contributed by atoms with Crippen molar-refractivity contribution in [2.75, 3.05) is 11.5 Å². The van der Waals surface area contributed by atoms with Crippen LogP contribution in [0.2, 0.25) is 0 Å². The number of hydrogen-bond donors (Lipinski definition) is 3. The molecule has 0 unspecified atom stereocenters. The first kappa shape index (κ1) is 17.8. The van der Waals surface area contributed by atoms with E-state index in [0.717, 1.165) is 30.6 Å². The fraction of sp³-hybridized carbons (Fsp3) is 0.316. The second-order valence-corrected chi connectivity index (χ2v) is 8.62. The molecule has 0 aromatic carbocycles. The molecule has 0 radical (unpaired) electrons. The summed E-state index contributed by atoms with van der Waals surface area (Å²) in [5.74, 6) is -0.00880. The summed E-state index contributed by atoms with van der Waals surface area (Å²) in [4.78, 5) is 19.1. The summed E-state index contributed by atoms with van der Waals surface area (Å²) in [7, 11) is 0. The zero-order valence-electron chi connectivity index (χ0n) is 14.6. The first-order valence-corrected chi connectivity index (χ1v) is 10.6. The molecule has 0 aliphatic heterocycles. The van der Waals surface area contributed by atoms with Crippen LogP contribution in [0.4, 0.5) is 11.5 Å². The van der Waals surface area contributed by atoms with Gasteiger partial charge in [-0.25, -0.2) is 4.98 Å². The highest BCUT2D eigenvalue weighted by molar-refractivity contribution is 7.21. The number of nitriles is 1. The minimum absolute atomic E-state index is 0.161. The Morgan fingerprint density at radius 3 is 2.74 bits per heavy atom. The van der Waals surface area contributed by atoms with Crippen LogP contribution in [0.15, 0.2) is 17.5 Å². The largest absolute Gasteiger partial charge is 0.397 e. The standard InChI is InChI=1S/C19H19N5OS2/c20-9-11-13(12-7-4-8-26-12)14-15(21)16(27-19(14)24-17(11)22)18(25)23-10-5-2-1-3-6-10/h4,7-8,10H,1-3,5-6,21H2,(H2,22,24)(H,23,25). The highest BCUT2D eigenvalue weighted by Gasteiger charge is 2.26. The monoisotopic (exact) mass is 397 g/mol. The Morgan fingerprint density at radius 1 is 1.30 bits per heavy atom. The molecule has 0 saturated heterocycles. The van der Waals surface area contributed by atoms with Crippen LogP contribution in [0.5, 0.6) is 0 Å². The van der Waals surface area contributed by atoms with Gasteiger partial charge in [-0.3, -0.25) is 4.79 Å². The van der Waals surface area contributed by atoms with Gasteiger partial charge in [0.25, 0.3) is 5.91 Å². The molecule has 138 valence electrons. The van der Waals surface area contributed by atoms with Gasteiger partial charge in [-0.15, -0.1) is 22.7 Å². The van der Waals surface area contributed by atoms with Gasteiger partial charge < -0.3 is 16.8 Å². The third-order valence-corrected chi connectivity index (χ3v) is 6.92. The molecule has 1 aliphatic rings. The van der Waals surface area contributed by atoms with E-state index in [1.54, 1.807) is 0 Å². The number of thiophene rings is 2. The quantitative estimate of drug-likeness (QED) is 0.614. The maximum atomic E-state index is 12.8. The Bertz CT molecular complexity index is 1040. The number of pyridine rings is 1. The molecule has 3 heterocycles. The summed E-state index contributed by atoms with van der Waals surface area (Å²) >= 11 is 2.73. The smallest absolute Gasteiger partial charge is 0.263 e. The third-order valence-electron chi connectivity index (χ3n) is 4.93. The van der Waals surface area contributed by atoms with Crippen molar-refractivity contribution in [2.24, 2.45) is 0 Å². The Kier molecular flexibility index (Phi) is 4.72. The second kappa shape index (κ2) is 7.18. The molecule has 3 aromatic rings. The summed E-state index contributed by atoms with van der Waals surface area (Å²) in [6.07, 6.45) is 5.50. The fourth-order valence-corrected chi connectivity index (χ4v) is 5.41. The zero-order chi connectivity index (χ0) is 19.0. The molecule has 5 N–H and O–H groups in total. The van der Waals surface area contributed by atoms with Gasteiger partial charge in [0.1, 0.15) is 27.2 Å². The molecule has 3 aromatic heterocycles. The van der Waals surface area contributed by atoms with E-state index in [1.165, 1.54) is 29.1 Å². The van der Waals surface area contributed by atoms with Crippen molar-refractivity contribution in [1.29, 1.82) is 5.26 Å². The van der Waals surface area contributed by atoms with Crippen molar-refractivity contribution in [3.63, 3.8) is 0 Å². The van der Waals surface area contributed by atoms with E-state index in [9.17, 15) is 10.1 Å². The van der Waals surface area contributed by atoms with Gasteiger partial charge in [0.15, 0.2) is 0 Å². The molecule has 8 heteroatoms. The highest BCUT2D eigenvalue weighted by Crippen LogP contribution is 2.43. The summed E-state index contributed by atoms with van der Waals surface area (Å²) in [6, 6.07) is 6.16. The van der Waals surface area contributed by atoms with Crippen molar-refractivity contribution in [2.45, 2.75) is 38.1 Å². The lowest BCUT2D eigenvalue weighted by Crippen LogP contribution is -2.36. The predicted octanol–water partition coefficient (Wildman–Crippen LogP) is 4.12. The number of carbonyl (C=O) groups is 1. The van der Waals surface area contributed by atoms with Gasteiger partial charge >= 0.3 is 0 Å². The summed E-state index contributed by atoms with van der Waals surface area (Å²) in [5, 5.41) is 15.3. The Morgan fingerprint density at radius 2 is 2.07 bits per heavy atom. The summed E-state index contributed by atoms with van der Waals surface area (Å²) in [6.45, 7) is 0. The molecule has 0 bridgehead atoms. The van der Waals surface area contributed by atoms with Gasteiger partial charge in [0.2, 0.25) is 0 Å². The fourth-order valence-electron chi connectivity index (χ4n) is 3.62. The topological polar surface area (TPSA) is 118 Å². The van der Waals surface area contributed by atoms with E-state index in [4.69, 9.17) is 11.5 Å². The van der Waals surface area contributed by atoms with E-state index < -0.39 is 0 Å².